The molecule has 1 aliphatic rings. The fourth-order valence-electron chi connectivity index (χ4n) is 2.81. The predicted molar refractivity (Wildman–Crippen MR) is 91.2 cm³/mol. The average Bonchev–Trinajstić information content (AvgIpc) is 2.50. The zero-order valence-corrected chi connectivity index (χ0v) is 13.3. The minimum atomic E-state index is 0.622. The molecular formula is C18H17Cl2N. The van der Waals surface area contributed by atoms with E-state index in [4.69, 9.17) is 23.2 Å². The summed E-state index contributed by atoms with van der Waals surface area (Å²) in [5, 5.41) is 1.36. The Morgan fingerprint density at radius 2 is 1.76 bits per heavy atom. The number of hydrogen-bond acceptors (Lipinski definition) is 1. The van der Waals surface area contributed by atoms with Crippen LogP contribution in [-0.4, -0.2) is 5.17 Å². The van der Waals surface area contributed by atoms with Crippen molar-refractivity contribution in [2.45, 2.75) is 32.1 Å². The molecule has 21 heavy (non-hydrogen) atoms. The van der Waals surface area contributed by atoms with Gasteiger partial charge in [-0.15, -0.1) is 0 Å². The van der Waals surface area contributed by atoms with Crippen molar-refractivity contribution in [1.29, 1.82) is 0 Å². The van der Waals surface area contributed by atoms with Crippen LogP contribution in [0.2, 0.25) is 5.02 Å². The molecule has 0 heterocycles. The van der Waals surface area contributed by atoms with Gasteiger partial charge in [0.05, 0.1) is 5.69 Å². The molecule has 108 valence electrons. The maximum absolute atomic E-state index is 6.35. The highest BCUT2D eigenvalue weighted by atomic mass is 35.5. The molecule has 0 spiro atoms. The molecular weight excluding hydrogens is 301 g/mol. The number of halogens is 2. The van der Waals surface area contributed by atoms with Crippen molar-refractivity contribution < 1.29 is 0 Å². The van der Waals surface area contributed by atoms with Gasteiger partial charge in [-0.3, -0.25) is 0 Å². The Hall–Kier alpha value is -1.31. The van der Waals surface area contributed by atoms with Crippen molar-refractivity contribution >= 4 is 34.1 Å². The number of fused-ring (bicyclic) bond motifs is 1. The second-order valence-electron chi connectivity index (χ2n) is 5.41. The number of hydrogen-bond donors (Lipinski definition) is 0. The smallest absolute Gasteiger partial charge is 0.111 e. The van der Waals surface area contributed by atoms with E-state index in [9.17, 15) is 0 Å². The van der Waals surface area contributed by atoms with E-state index in [1.165, 1.54) is 24.0 Å². The summed E-state index contributed by atoms with van der Waals surface area (Å²) in [6, 6.07) is 14.1. The van der Waals surface area contributed by atoms with Gasteiger partial charge >= 0.3 is 0 Å². The number of benzene rings is 2. The third-order valence-electron chi connectivity index (χ3n) is 3.88. The largest absolute Gasteiger partial charge is 0.241 e. The molecule has 2 aromatic rings. The lowest BCUT2D eigenvalue weighted by Crippen LogP contribution is -2.03. The van der Waals surface area contributed by atoms with Crippen LogP contribution in [0.15, 0.2) is 47.5 Å². The van der Waals surface area contributed by atoms with Crippen LogP contribution in [0.1, 0.15) is 29.5 Å². The Kier molecular flexibility index (Phi) is 4.62. The Bertz CT molecular complexity index is 659. The van der Waals surface area contributed by atoms with Crippen LogP contribution in [0.4, 0.5) is 5.69 Å². The second-order valence-corrected chi connectivity index (χ2v) is 6.29. The van der Waals surface area contributed by atoms with Crippen LogP contribution in [0.5, 0.6) is 0 Å². The van der Waals surface area contributed by atoms with E-state index in [1.807, 2.05) is 24.3 Å². The quantitative estimate of drug-likeness (QED) is 0.641. The molecule has 1 aliphatic carbocycles. The Morgan fingerprint density at radius 1 is 1.00 bits per heavy atom. The average molecular weight is 318 g/mol. The Balaban J connectivity index is 1.82. The van der Waals surface area contributed by atoms with Gasteiger partial charge in [-0.05, 0) is 60.6 Å². The zero-order valence-electron chi connectivity index (χ0n) is 11.8. The van der Waals surface area contributed by atoms with Gasteiger partial charge in [-0.25, -0.2) is 4.99 Å². The second kappa shape index (κ2) is 6.64. The summed E-state index contributed by atoms with van der Waals surface area (Å²) < 4.78 is 0. The van der Waals surface area contributed by atoms with Crippen LogP contribution < -0.4 is 0 Å². The Morgan fingerprint density at radius 3 is 2.57 bits per heavy atom. The summed E-state index contributed by atoms with van der Waals surface area (Å²) in [6.45, 7) is 0. The van der Waals surface area contributed by atoms with E-state index >= 15 is 0 Å². The molecule has 1 nitrogen and oxygen atoms in total. The van der Waals surface area contributed by atoms with E-state index < -0.39 is 0 Å². The number of rotatable bonds is 3. The van der Waals surface area contributed by atoms with Crippen LogP contribution in [0.25, 0.3) is 0 Å². The summed E-state index contributed by atoms with van der Waals surface area (Å²) in [4.78, 5) is 4.64. The number of aliphatic imine (C=N–C) groups is 1. The maximum Gasteiger partial charge on any atom is 0.111 e. The van der Waals surface area contributed by atoms with Crippen molar-refractivity contribution in [2.24, 2.45) is 4.99 Å². The van der Waals surface area contributed by atoms with Crippen LogP contribution >= 0.6 is 23.2 Å². The van der Waals surface area contributed by atoms with E-state index in [1.54, 1.807) is 0 Å². The van der Waals surface area contributed by atoms with Crippen molar-refractivity contribution in [3.8, 4) is 0 Å². The van der Waals surface area contributed by atoms with Crippen molar-refractivity contribution in [2.75, 3.05) is 0 Å². The van der Waals surface area contributed by atoms with E-state index in [0.29, 0.717) is 11.6 Å². The topological polar surface area (TPSA) is 12.4 Å². The summed E-state index contributed by atoms with van der Waals surface area (Å²) in [5.74, 6) is 0. The third kappa shape index (κ3) is 3.66. The van der Waals surface area contributed by atoms with Crippen LogP contribution in [0, 0.1) is 0 Å². The lowest BCUT2D eigenvalue weighted by Gasteiger charge is -2.17. The molecule has 0 saturated carbocycles. The van der Waals surface area contributed by atoms with E-state index in [0.717, 1.165) is 29.1 Å². The summed E-state index contributed by atoms with van der Waals surface area (Å²) >= 11 is 12.2. The molecule has 0 radical (unpaired) electrons. The number of aryl methyl sites for hydroxylation is 1. The monoisotopic (exact) mass is 317 g/mol. The number of nitrogens with zero attached hydrogens (tertiary/aromatic N) is 1. The molecule has 0 unspecified atom stereocenters. The molecule has 0 atom stereocenters. The lowest BCUT2D eigenvalue weighted by molar-refractivity contribution is 0.686. The summed E-state index contributed by atoms with van der Waals surface area (Å²) in [5.41, 5.74) is 4.96. The van der Waals surface area contributed by atoms with Crippen molar-refractivity contribution in [3.63, 3.8) is 0 Å². The lowest BCUT2D eigenvalue weighted by atomic mass is 9.90. The molecule has 0 aromatic heterocycles. The molecule has 0 saturated heterocycles. The van der Waals surface area contributed by atoms with Crippen molar-refractivity contribution in [1.82, 2.24) is 0 Å². The minimum absolute atomic E-state index is 0.622. The van der Waals surface area contributed by atoms with Gasteiger partial charge in [0.2, 0.25) is 0 Å². The first-order chi connectivity index (χ1) is 10.2. The first-order valence-electron chi connectivity index (χ1n) is 7.30. The van der Waals surface area contributed by atoms with Gasteiger partial charge in [-0.2, -0.15) is 0 Å². The standard InChI is InChI=1S/C18H17Cl2N/c19-15-10-8-13(9-11-15)12-18(20)21-17-7-3-5-14-4-1-2-6-16(14)17/h3,5,7-11H,1-2,4,6,12H2. The molecule has 0 amide bonds. The fourth-order valence-corrected chi connectivity index (χ4v) is 3.18. The van der Waals surface area contributed by atoms with Gasteiger partial charge in [0, 0.05) is 11.4 Å². The molecule has 0 N–H and O–H groups in total. The minimum Gasteiger partial charge on any atom is -0.241 e. The molecule has 3 rings (SSSR count). The van der Waals surface area contributed by atoms with Gasteiger partial charge in [0.1, 0.15) is 5.17 Å². The SMILES string of the molecule is ClC(Cc1ccc(Cl)cc1)=Nc1cccc2c1CCCC2. The normalized spacial score (nSPS) is 14.9. The van der Waals surface area contributed by atoms with Gasteiger partial charge < -0.3 is 0 Å². The first kappa shape index (κ1) is 14.6. The van der Waals surface area contributed by atoms with Crippen molar-refractivity contribution in [3.05, 3.63) is 64.2 Å². The molecule has 3 heteroatoms. The van der Waals surface area contributed by atoms with E-state index in [2.05, 4.69) is 23.2 Å². The molecule has 0 bridgehead atoms. The Labute approximate surface area is 135 Å². The first-order valence-corrected chi connectivity index (χ1v) is 8.06. The van der Waals surface area contributed by atoms with Crippen LogP contribution in [-0.2, 0) is 19.3 Å². The van der Waals surface area contributed by atoms with E-state index in [-0.39, 0.29) is 0 Å². The third-order valence-corrected chi connectivity index (χ3v) is 4.35. The van der Waals surface area contributed by atoms with Gasteiger partial charge in [0.25, 0.3) is 0 Å². The molecule has 0 aliphatic heterocycles. The highest BCUT2D eigenvalue weighted by Gasteiger charge is 2.12. The highest BCUT2D eigenvalue weighted by molar-refractivity contribution is 6.65. The highest BCUT2D eigenvalue weighted by Crippen LogP contribution is 2.30. The van der Waals surface area contributed by atoms with Gasteiger partial charge in [-0.1, -0.05) is 47.5 Å². The summed E-state index contributed by atoms with van der Waals surface area (Å²) in [6.07, 6.45) is 5.43. The molecule has 2 aromatic carbocycles. The zero-order chi connectivity index (χ0) is 14.7. The predicted octanol–water partition coefficient (Wildman–Crippen LogP) is 5.73. The van der Waals surface area contributed by atoms with Crippen LogP contribution in [0.3, 0.4) is 0 Å². The fraction of sp³-hybridized carbons (Fsp3) is 0.278. The summed E-state index contributed by atoms with van der Waals surface area (Å²) in [7, 11) is 0. The van der Waals surface area contributed by atoms with Gasteiger partial charge in [0.15, 0.2) is 0 Å². The molecule has 0 fully saturated rings. The maximum atomic E-state index is 6.35.